The van der Waals surface area contributed by atoms with Gasteiger partial charge in [0, 0.05) is 6.07 Å². The summed E-state index contributed by atoms with van der Waals surface area (Å²) in [5.41, 5.74) is 0.862. The second kappa shape index (κ2) is 6.04. The minimum Gasteiger partial charge on any atom is -0.493 e. The van der Waals surface area contributed by atoms with Crippen LogP contribution in [0.4, 0.5) is 5.69 Å². The zero-order valence-corrected chi connectivity index (χ0v) is 12.8. The first kappa shape index (κ1) is 15.2. The molecule has 21 heavy (non-hydrogen) atoms. The van der Waals surface area contributed by atoms with Gasteiger partial charge in [-0.1, -0.05) is 0 Å². The van der Waals surface area contributed by atoms with E-state index < -0.39 is 10.0 Å². The zero-order valence-electron chi connectivity index (χ0n) is 12.0. The fraction of sp³-hybridized carbons (Fsp3) is 0.308. The molecular formula is C13H17N3O4S. The molecule has 1 aromatic heterocycles. The first-order valence-electron chi connectivity index (χ1n) is 6.31. The largest absolute Gasteiger partial charge is 0.493 e. The lowest BCUT2D eigenvalue weighted by molar-refractivity contribution is 0.311. The van der Waals surface area contributed by atoms with Crippen LogP contribution in [0.15, 0.2) is 29.3 Å². The van der Waals surface area contributed by atoms with Crippen molar-refractivity contribution >= 4 is 15.7 Å². The van der Waals surface area contributed by atoms with Crippen LogP contribution in [0.2, 0.25) is 0 Å². The summed E-state index contributed by atoms with van der Waals surface area (Å²) in [5.74, 6) is 1.02. The van der Waals surface area contributed by atoms with Crippen LogP contribution in [0.1, 0.15) is 12.6 Å². The Morgan fingerprint density at radius 3 is 2.67 bits per heavy atom. The lowest BCUT2D eigenvalue weighted by Crippen LogP contribution is -2.13. The molecule has 0 unspecified atom stereocenters. The summed E-state index contributed by atoms with van der Waals surface area (Å²) in [6.07, 6.45) is 1.27. The molecule has 0 saturated heterocycles. The van der Waals surface area contributed by atoms with E-state index in [4.69, 9.17) is 9.47 Å². The average Bonchev–Trinajstić information content (AvgIpc) is 2.86. The highest BCUT2D eigenvalue weighted by molar-refractivity contribution is 7.92. The van der Waals surface area contributed by atoms with Gasteiger partial charge in [0.05, 0.1) is 31.3 Å². The van der Waals surface area contributed by atoms with Gasteiger partial charge in [0.25, 0.3) is 10.0 Å². The summed E-state index contributed by atoms with van der Waals surface area (Å²) < 4.78 is 37.6. The fourth-order valence-corrected chi connectivity index (χ4v) is 3.02. The molecule has 2 rings (SSSR count). The Kier molecular flexibility index (Phi) is 4.37. The smallest absolute Gasteiger partial charge is 0.265 e. The number of hydrogen-bond acceptors (Lipinski definition) is 5. The maximum atomic E-state index is 12.3. The van der Waals surface area contributed by atoms with Crippen molar-refractivity contribution in [2.24, 2.45) is 0 Å². The van der Waals surface area contributed by atoms with Gasteiger partial charge in [-0.05, 0) is 26.0 Å². The van der Waals surface area contributed by atoms with Crippen LogP contribution in [0.3, 0.4) is 0 Å². The van der Waals surface area contributed by atoms with Gasteiger partial charge < -0.3 is 9.47 Å². The van der Waals surface area contributed by atoms with Crippen LogP contribution < -0.4 is 14.2 Å². The molecule has 0 amide bonds. The zero-order chi connectivity index (χ0) is 15.5. The van der Waals surface area contributed by atoms with E-state index in [0.29, 0.717) is 29.5 Å². The third-order valence-electron chi connectivity index (χ3n) is 2.79. The third-order valence-corrected chi connectivity index (χ3v) is 4.28. The van der Waals surface area contributed by atoms with E-state index in [1.54, 1.807) is 25.1 Å². The van der Waals surface area contributed by atoms with Gasteiger partial charge in [0.2, 0.25) is 0 Å². The van der Waals surface area contributed by atoms with Crippen molar-refractivity contribution in [3.63, 3.8) is 0 Å². The van der Waals surface area contributed by atoms with Crippen LogP contribution >= 0.6 is 0 Å². The number of rotatable bonds is 6. The third kappa shape index (κ3) is 3.27. The molecule has 1 aromatic carbocycles. The number of aromatic nitrogens is 2. The van der Waals surface area contributed by atoms with Crippen LogP contribution in [-0.2, 0) is 10.0 Å². The Hall–Kier alpha value is -2.22. The molecule has 1 heterocycles. The van der Waals surface area contributed by atoms with Crippen molar-refractivity contribution < 1.29 is 17.9 Å². The summed E-state index contributed by atoms with van der Waals surface area (Å²) in [5, 5.41) is 6.31. The lowest BCUT2D eigenvalue weighted by Gasteiger charge is -2.12. The molecule has 0 radical (unpaired) electrons. The summed E-state index contributed by atoms with van der Waals surface area (Å²) in [6, 6.07) is 4.83. The number of H-pyrrole nitrogens is 1. The van der Waals surface area contributed by atoms with E-state index >= 15 is 0 Å². The first-order chi connectivity index (χ1) is 9.97. The number of anilines is 1. The SMILES string of the molecule is CCOc1cc(NS(=O)(=O)c2cn[nH]c2C)ccc1OC. The van der Waals surface area contributed by atoms with E-state index in [-0.39, 0.29) is 4.90 Å². The molecule has 0 fully saturated rings. The Morgan fingerprint density at radius 1 is 1.33 bits per heavy atom. The number of aromatic amines is 1. The van der Waals surface area contributed by atoms with Crippen molar-refractivity contribution in [1.29, 1.82) is 0 Å². The normalized spacial score (nSPS) is 11.2. The van der Waals surface area contributed by atoms with Crippen molar-refractivity contribution in [1.82, 2.24) is 10.2 Å². The van der Waals surface area contributed by atoms with Gasteiger partial charge >= 0.3 is 0 Å². The highest BCUT2D eigenvalue weighted by Crippen LogP contribution is 2.31. The van der Waals surface area contributed by atoms with Crippen LogP contribution in [-0.4, -0.2) is 32.3 Å². The second-order valence-electron chi connectivity index (χ2n) is 4.26. The number of sulfonamides is 1. The first-order valence-corrected chi connectivity index (χ1v) is 7.80. The number of methoxy groups -OCH3 is 1. The van der Waals surface area contributed by atoms with Gasteiger partial charge in [-0.15, -0.1) is 0 Å². The summed E-state index contributed by atoms with van der Waals surface area (Å²) in [7, 11) is -2.17. The number of nitrogens with zero attached hydrogens (tertiary/aromatic N) is 1. The predicted octanol–water partition coefficient (Wildman–Crippen LogP) is 1.93. The number of nitrogens with one attached hydrogen (secondary N) is 2. The summed E-state index contributed by atoms with van der Waals surface area (Å²) >= 11 is 0. The molecular weight excluding hydrogens is 294 g/mol. The summed E-state index contributed by atoms with van der Waals surface area (Å²) in [6.45, 7) is 3.93. The van der Waals surface area contributed by atoms with Gasteiger partial charge in [-0.25, -0.2) is 8.42 Å². The molecule has 8 heteroatoms. The van der Waals surface area contributed by atoms with Crippen LogP contribution in [0.25, 0.3) is 0 Å². The van der Waals surface area contributed by atoms with Crippen molar-refractivity contribution in [2.75, 3.05) is 18.4 Å². The Morgan fingerprint density at radius 2 is 2.10 bits per heavy atom. The minimum atomic E-state index is -3.69. The summed E-state index contributed by atoms with van der Waals surface area (Å²) in [4.78, 5) is 0.108. The van der Waals surface area contributed by atoms with E-state index in [0.717, 1.165) is 0 Å². The van der Waals surface area contributed by atoms with E-state index in [1.807, 2.05) is 6.92 Å². The van der Waals surface area contributed by atoms with E-state index in [1.165, 1.54) is 13.3 Å². The highest BCUT2D eigenvalue weighted by Gasteiger charge is 2.19. The molecule has 0 aliphatic rings. The number of benzene rings is 1. The quantitative estimate of drug-likeness (QED) is 0.850. The Labute approximate surface area is 123 Å². The maximum Gasteiger partial charge on any atom is 0.265 e. The Bertz CT molecular complexity index is 725. The lowest BCUT2D eigenvalue weighted by atomic mass is 10.3. The number of ether oxygens (including phenoxy) is 2. The van der Waals surface area contributed by atoms with Gasteiger partial charge in [0.1, 0.15) is 4.90 Å². The number of aryl methyl sites for hydroxylation is 1. The maximum absolute atomic E-state index is 12.3. The molecule has 2 aromatic rings. The van der Waals surface area contributed by atoms with Gasteiger partial charge in [-0.3, -0.25) is 9.82 Å². The molecule has 0 bridgehead atoms. The topological polar surface area (TPSA) is 93.3 Å². The van der Waals surface area contributed by atoms with Gasteiger partial charge in [0.15, 0.2) is 11.5 Å². The van der Waals surface area contributed by atoms with Crippen molar-refractivity contribution in [3.8, 4) is 11.5 Å². The standard InChI is InChI=1S/C13H17N3O4S/c1-4-20-12-7-10(5-6-11(12)19-3)16-21(17,18)13-8-14-15-9(13)2/h5-8,16H,4H2,1-3H3,(H,14,15). The number of hydrogen-bond donors (Lipinski definition) is 2. The van der Waals surface area contributed by atoms with Crippen molar-refractivity contribution in [3.05, 3.63) is 30.1 Å². The highest BCUT2D eigenvalue weighted by atomic mass is 32.2. The minimum absolute atomic E-state index is 0.108. The monoisotopic (exact) mass is 311 g/mol. The molecule has 0 spiro atoms. The van der Waals surface area contributed by atoms with Gasteiger partial charge in [-0.2, -0.15) is 5.10 Å². The van der Waals surface area contributed by atoms with E-state index in [9.17, 15) is 8.42 Å². The Balaban J connectivity index is 2.31. The second-order valence-corrected chi connectivity index (χ2v) is 5.91. The van der Waals surface area contributed by atoms with Crippen LogP contribution in [0, 0.1) is 6.92 Å². The average molecular weight is 311 g/mol. The fourth-order valence-electron chi connectivity index (χ4n) is 1.83. The van der Waals surface area contributed by atoms with Crippen molar-refractivity contribution in [2.45, 2.75) is 18.7 Å². The molecule has 7 nitrogen and oxygen atoms in total. The molecule has 114 valence electrons. The molecule has 2 N–H and O–H groups in total. The van der Waals surface area contributed by atoms with E-state index in [2.05, 4.69) is 14.9 Å². The molecule has 0 saturated carbocycles. The molecule has 0 aliphatic heterocycles. The van der Waals surface area contributed by atoms with Crippen LogP contribution in [0.5, 0.6) is 11.5 Å². The molecule has 0 atom stereocenters. The predicted molar refractivity (Wildman–Crippen MR) is 78.3 cm³/mol. The molecule has 0 aliphatic carbocycles.